The molecule has 0 unspecified atom stereocenters. The van der Waals surface area contributed by atoms with Crippen LogP contribution < -0.4 is 21.4 Å². The smallest absolute Gasteiger partial charge is 0.358 e. The van der Waals surface area contributed by atoms with E-state index >= 15 is 0 Å². The molecule has 2 aliphatic heterocycles. The topological polar surface area (TPSA) is 215 Å². The van der Waals surface area contributed by atoms with Crippen LogP contribution in [0.5, 0.6) is 0 Å². The van der Waals surface area contributed by atoms with Crippen molar-refractivity contribution in [2.24, 2.45) is 0 Å². The van der Waals surface area contributed by atoms with Gasteiger partial charge in [-0.1, -0.05) is 0 Å². The van der Waals surface area contributed by atoms with Crippen molar-refractivity contribution in [3.63, 3.8) is 0 Å². The largest absolute Gasteiger partial charge is 0.481 e. The van der Waals surface area contributed by atoms with Crippen molar-refractivity contribution in [2.45, 2.75) is 51.6 Å². The number of urea groups is 1. The molecular formula is C24H29N7O9. The Bertz CT molecular complexity index is 1250. The van der Waals surface area contributed by atoms with Gasteiger partial charge in [-0.3, -0.25) is 34.2 Å². The summed E-state index contributed by atoms with van der Waals surface area (Å²) >= 11 is 0. The highest BCUT2D eigenvalue weighted by atomic mass is 16.4. The van der Waals surface area contributed by atoms with Crippen LogP contribution in [0.2, 0.25) is 0 Å². The Morgan fingerprint density at radius 3 is 2.35 bits per heavy atom. The van der Waals surface area contributed by atoms with Crippen LogP contribution in [0.1, 0.15) is 49.9 Å². The molecule has 2 atom stereocenters. The van der Waals surface area contributed by atoms with Gasteiger partial charge >= 0.3 is 12.0 Å². The van der Waals surface area contributed by atoms with E-state index in [2.05, 4.69) is 21.4 Å². The maximum atomic E-state index is 13.5. The molecule has 2 fully saturated rings. The molecule has 1 aromatic rings. The third kappa shape index (κ3) is 7.09. The molecule has 0 aliphatic carbocycles. The molecule has 40 heavy (non-hydrogen) atoms. The van der Waals surface area contributed by atoms with Gasteiger partial charge in [0.15, 0.2) is 0 Å². The monoisotopic (exact) mass is 559 g/mol. The van der Waals surface area contributed by atoms with Gasteiger partial charge in [0.25, 0.3) is 5.91 Å². The molecule has 7 amide bonds. The normalized spacial score (nSPS) is 17.6. The molecule has 3 rings (SSSR count). The second-order valence-electron chi connectivity index (χ2n) is 9.12. The average molecular weight is 560 g/mol. The lowest BCUT2D eigenvalue weighted by atomic mass is 10.1. The molecule has 16 nitrogen and oxygen atoms in total. The fourth-order valence-electron chi connectivity index (χ4n) is 4.28. The summed E-state index contributed by atoms with van der Waals surface area (Å²) in [5, 5.41) is 19.2. The van der Waals surface area contributed by atoms with E-state index in [0.717, 1.165) is 15.0 Å². The Morgan fingerprint density at radius 1 is 1.05 bits per heavy atom. The highest BCUT2D eigenvalue weighted by molar-refractivity contribution is 6.02. The Balaban J connectivity index is 1.84. The van der Waals surface area contributed by atoms with Gasteiger partial charge in [0.2, 0.25) is 23.6 Å². The van der Waals surface area contributed by atoms with Gasteiger partial charge in [-0.2, -0.15) is 0 Å². The van der Waals surface area contributed by atoms with Crippen molar-refractivity contribution in [3.8, 4) is 0 Å². The number of hydrogen-bond acceptors (Lipinski definition) is 8. The van der Waals surface area contributed by atoms with E-state index in [1.165, 1.54) is 32.0 Å². The van der Waals surface area contributed by atoms with E-state index in [9.17, 15) is 38.4 Å². The number of fused-ring (bicyclic) bond motifs is 1. The van der Waals surface area contributed by atoms with Crippen molar-refractivity contribution >= 4 is 59.2 Å². The molecule has 2 heterocycles. The van der Waals surface area contributed by atoms with E-state index in [-0.39, 0.29) is 49.2 Å². The minimum Gasteiger partial charge on any atom is -0.481 e. The van der Waals surface area contributed by atoms with Crippen molar-refractivity contribution in [2.75, 3.05) is 23.7 Å². The number of hydrazine groups is 2. The van der Waals surface area contributed by atoms with Crippen LogP contribution in [0.3, 0.4) is 0 Å². The molecule has 5 N–H and O–H groups in total. The zero-order valence-corrected chi connectivity index (χ0v) is 21.8. The standard InChI is InChI=1S/C24H29N7O9/c1-13(33)25-17-6-5-15(10-18(17)26-14(2)34)22(38)28-29-9-7-20(35)30-8-3-4-19(31(30)24(29)40)23(39)27-16(12-32)11-21(36)37/h5-6,10,12,16,19H,3-4,7-9,11H2,1-2H3,(H,25,33)(H,26,34)(H,27,39)(H,28,38)(H,36,37)/t16-,19-/m0/s1. The van der Waals surface area contributed by atoms with Crippen molar-refractivity contribution < 1.29 is 43.5 Å². The van der Waals surface area contributed by atoms with Crippen LogP contribution in [0.15, 0.2) is 18.2 Å². The first-order valence-corrected chi connectivity index (χ1v) is 12.3. The summed E-state index contributed by atoms with van der Waals surface area (Å²) in [5.74, 6) is -4.27. The van der Waals surface area contributed by atoms with Gasteiger partial charge in [-0.05, 0) is 31.0 Å². The van der Waals surface area contributed by atoms with Crippen molar-refractivity contribution in [1.82, 2.24) is 25.8 Å². The van der Waals surface area contributed by atoms with Gasteiger partial charge in [-0.25, -0.2) is 19.8 Å². The lowest BCUT2D eigenvalue weighted by Crippen LogP contribution is -2.64. The van der Waals surface area contributed by atoms with E-state index in [0.29, 0.717) is 6.42 Å². The van der Waals surface area contributed by atoms with Crippen molar-refractivity contribution in [1.29, 1.82) is 0 Å². The average Bonchev–Trinajstić information content (AvgIpc) is 3.00. The van der Waals surface area contributed by atoms with Gasteiger partial charge in [0.05, 0.1) is 30.4 Å². The van der Waals surface area contributed by atoms with Gasteiger partial charge in [0.1, 0.15) is 12.3 Å². The number of carboxylic acid groups (broad SMARTS) is 1. The number of aldehydes is 1. The van der Waals surface area contributed by atoms with Gasteiger partial charge in [-0.15, -0.1) is 0 Å². The van der Waals surface area contributed by atoms with E-state index < -0.39 is 60.0 Å². The molecule has 16 heteroatoms. The zero-order chi connectivity index (χ0) is 29.6. The highest BCUT2D eigenvalue weighted by Gasteiger charge is 2.44. The van der Waals surface area contributed by atoms with Crippen LogP contribution in [-0.2, 0) is 28.8 Å². The lowest BCUT2D eigenvalue weighted by molar-refractivity contribution is -0.155. The number of nitrogens with one attached hydrogen (secondary N) is 4. The summed E-state index contributed by atoms with van der Waals surface area (Å²) in [6.45, 7) is 2.43. The van der Waals surface area contributed by atoms with Gasteiger partial charge in [0, 0.05) is 32.4 Å². The second kappa shape index (κ2) is 12.7. The Hall–Kier alpha value is -5.02. The number of amides is 7. The third-order valence-electron chi connectivity index (χ3n) is 6.00. The first-order chi connectivity index (χ1) is 18.9. The lowest BCUT2D eigenvalue weighted by Gasteiger charge is -2.42. The van der Waals surface area contributed by atoms with Crippen molar-refractivity contribution in [3.05, 3.63) is 23.8 Å². The van der Waals surface area contributed by atoms with Crippen LogP contribution in [0.4, 0.5) is 16.2 Å². The SMILES string of the molecule is CC(=O)Nc1ccc(C(=O)NN2CCC(=O)N3CCC[C@@H](C(=O)N[C@H](C=O)CC(=O)O)N3C2=O)cc1NC(C)=O. The molecule has 2 saturated heterocycles. The summed E-state index contributed by atoms with van der Waals surface area (Å²) < 4.78 is 0. The van der Waals surface area contributed by atoms with E-state index in [1.807, 2.05) is 0 Å². The summed E-state index contributed by atoms with van der Waals surface area (Å²) in [7, 11) is 0. The number of rotatable bonds is 9. The fourth-order valence-corrected chi connectivity index (χ4v) is 4.28. The molecule has 214 valence electrons. The fraction of sp³-hybridized carbons (Fsp3) is 0.417. The van der Waals surface area contributed by atoms with Crippen LogP contribution >= 0.6 is 0 Å². The Kier molecular flexibility index (Phi) is 9.37. The summed E-state index contributed by atoms with van der Waals surface area (Å²) in [6.07, 6.45) is -0.0992. The number of hydrogen-bond donors (Lipinski definition) is 5. The van der Waals surface area contributed by atoms with Crippen LogP contribution in [-0.4, -0.2) is 93.1 Å². The van der Waals surface area contributed by atoms with Crippen LogP contribution in [0, 0.1) is 0 Å². The number of anilines is 2. The first-order valence-electron chi connectivity index (χ1n) is 12.3. The highest BCUT2D eigenvalue weighted by Crippen LogP contribution is 2.25. The number of carboxylic acids is 1. The molecule has 0 radical (unpaired) electrons. The van der Waals surface area contributed by atoms with E-state index in [4.69, 9.17) is 5.11 Å². The van der Waals surface area contributed by atoms with E-state index in [1.54, 1.807) is 0 Å². The molecular weight excluding hydrogens is 530 g/mol. The quantitative estimate of drug-likeness (QED) is 0.245. The maximum Gasteiger partial charge on any atom is 0.358 e. The molecule has 0 spiro atoms. The molecule has 0 aromatic heterocycles. The minimum atomic E-state index is -1.34. The molecule has 1 aromatic carbocycles. The predicted molar refractivity (Wildman–Crippen MR) is 136 cm³/mol. The number of benzene rings is 1. The predicted octanol–water partition coefficient (Wildman–Crippen LogP) is -0.560. The van der Waals surface area contributed by atoms with Gasteiger partial charge < -0.3 is 25.9 Å². The first kappa shape index (κ1) is 29.5. The Labute approximate surface area is 227 Å². The number of carbonyl (C=O) groups is 8. The zero-order valence-electron chi connectivity index (χ0n) is 21.8. The summed E-state index contributed by atoms with van der Waals surface area (Å²) in [5.41, 5.74) is 2.80. The molecule has 0 bridgehead atoms. The molecule has 0 saturated carbocycles. The number of nitrogens with zero attached hydrogens (tertiary/aromatic N) is 3. The Morgan fingerprint density at radius 2 is 1.73 bits per heavy atom. The maximum absolute atomic E-state index is 13.5. The number of carbonyl (C=O) groups excluding carboxylic acids is 7. The number of aliphatic carboxylic acids is 1. The third-order valence-corrected chi connectivity index (χ3v) is 6.00. The summed E-state index contributed by atoms with van der Waals surface area (Å²) in [4.78, 5) is 97.8. The molecule has 2 aliphatic rings. The minimum absolute atomic E-state index is 0.00788. The summed E-state index contributed by atoms with van der Waals surface area (Å²) in [6, 6.07) is 0.556. The second-order valence-corrected chi connectivity index (χ2v) is 9.12. The van der Waals surface area contributed by atoms with Crippen LogP contribution in [0.25, 0.3) is 0 Å².